The van der Waals surface area contributed by atoms with Gasteiger partial charge in [-0.3, -0.25) is 9.59 Å². The minimum Gasteiger partial charge on any atom is -0.481 e. The smallest absolute Gasteiger partial charge is 0.303 e. The predicted octanol–water partition coefficient (Wildman–Crippen LogP) is 1.74. The lowest BCUT2D eigenvalue weighted by Gasteiger charge is -2.33. The highest BCUT2D eigenvalue weighted by Gasteiger charge is 2.32. The van der Waals surface area contributed by atoms with Crippen molar-refractivity contribution in [2.75, 3.05) is 18.4 Å². The summed E-state index contributed by atoms with van der Waals surface area (Å²) in [6.45, 7) is 1.34. The van der Waals surface area contributed by atoms with Crippen LogP contribution in [-0.2, 0) is 16.0 Å². The Bertz CT molecular complexity index is 525. The van der Waals surface area contributed by atoms with Gasteiger partial charge >= 0.3 is 5.97 Å². The Balaban J connectivity index is 1.55. The number of fused-ring (bicyclic) bond motifs is 1. The molecule has 5 heteroatoms. The fourth-order valence-electron chi connectivity index (χ4n) is 3.27. The van der Waals surface area contributed by atoms with Crippen LogP contribution < -0.4 is 5.32 Å². The molecular weight excluding hydrogens is 268 g/mol. The molecule has 2 heterocycles. The molecular formula is C16H20N2O3. The molecule has 21 heavy (non-hydrogen) atoms. The van der Waals surface area contributed by atoms with Gasteiger partial charge in [0.1, 0.15) is 6.04 Å². The second-order valence-electron chi connectivity index (χ2n) is 5.92. The minimum atomic E-state index is -0.743. The average molecular weight is 288 g/mol. The number of carboxylic acid groups (broad SMARTS) is 1. The van der Waals surface area contributed by atoms with E-state index < -0.39 is 5.97 Å². The third-order valence-corrected chi connectivity index (χ3v) is 4.46. The zero-order valence-electron chi connectivity index (χ0n) is 11.9. The molecule has 0 bridgehead atoms. The Morgan fingerprint density at radius 3 is 2.62 bits per heavy atom. The highest BCUT2D eigenvalue weighted by Crippen LogP contribution is 2.27. The van der Waals surface area contributed by atoms with Crippen molar-refractivity contribution in [1.29, 1.82) is 0 Å². The zero-order valence-corrected chi connectivity index (χ0v) is 11.9. The van der Waals surface area contributed by atoms with Crippen LogP contribution in [0.25, 0.3) is 0 Å². The standard InChI is InChI=1S/C16H20N2O3/c19-15(20)9-11-5-7-18(8-6-11)16(21)14-10-12-3-1-2-4-13(12)17-14/h1-4,11,14,17H,5-10H2,(H,19,20). The number of aliphatic carboxylic acids is 1. The lowest BCUT2D eigenvalue weighted by molar-refractivity contribution is -0.138. The van der Waals surface area contributed by atoms with Crippen LogP contribution >= 0.6 is 0 Å². The number of likely N-dealkylation sites (tertiary alicyclic amines) is 1. The van der Waals surface area contributed by atoms with Gasteiger partial charge < -0.3 is 15.3 Å². The van der Waals surface area contributed by atoms with E-state index in [0.717, 1.165) is 24.9 Å². The molecule has 1 aromatic carbocycles. The first-order chi connectivity index (χ1) is 10.1. The van der Waals surface area contributed by atoms with Gasteiger partial charge in [0.25, 0.3) is 0 Å². The van der Waals surface area contributed by atoms with E-state index in [-0.39, 0.29) is 24.3 Å². The molecule has 0 aliphatic carbocycles. The Morgan fingerprint density at radius 2 is 1.95 bits per heavy atom. The molecule has 3 rings (SSSR count). The molecule has 0 aromatic heterocycles. The van der Waals surface area contributed by atoms with E-state index in [1.807, 2.05) is 23.1 Å². The Labute approximate surface area is 123 Å². The second-order valence-corrected chi connectivity index (χ2v) is 5.92. The van der Waals surface area contributed by atoms with Gasteiger partial charge in [-0.2, -0.15) is 0 Å². The lowest BCUT2D eigenvalue weighted by Crippen LogP contribution is -2.46. The fraction of sp³-hybridized carbons (Fsp3) is 0.500. The second kappa shape index (κ2) is 5.76. The number of rotatable bonds is 3. The van der Waals surface area contributed by atoms with Crippen LogP contribution in [-0.4, -0.2) is 41.0 Å². The third-order valence-electron chi connectivity index (χ3n) is 4.46. The number of benzene rings is 1. The SMILES string of the molecule is O=C(O)CC1CCN(C(=O)C2Cc3ccccc3N2)CC1. The van der Waals surface area contributed by atoms with Crippen LogP contribution in [0, 0.1) is 5.92 Å². The van der Waals surface area contributed by atoms with E-state index in [4.69, 9.17) is 5.11 Å². The number of carboxylic acids is 1. The summed E-state index contributed by atoms with van der Waals surface area (Å²) < 4.78 is 0. The quantitative estimate of drug-likeness (QED) is 0.889. The number of nitrogens with zero attached hydrogens (tertiary/aromatic N) is 1. The molecule has 0 spiro atoms. The summed E-state index contributed by atoms with van der Waals surface area (Å²) in [5.41, 5.74) is 2.24. The number of carbonyl (C=O) groups is 2. The minimum absolute atomic E-state index is 0.139. The number of amides is 1. The van der Waals surface area contributed by atoms with Crippen molar-refractivity contribution >= 4 is 17.6 Å². The molecule has 112 valence electrons. The maximum atomic E-state index is 12.5. The van der Waals surface area contributed by atoms with Crippen LogP contribution in [0.1, 0.15) is 24.8 Å². The van der Waals surface area contributed by atoms with Crippen LogP contribution in [0.2, 0.25) is 0 Å². The number of nitrogens with one attached hydrogen (secondary N) is 1. The van der Waals surface area contributed by atoms with Gasteiger partial charge in [-0.25, -0.2) is 0 Å². The summed E-state index contributed by atoms with van der Waals surface area (Å²) in [5.74, 6) is -0.395. The van der Waals surface area contributed by atoms with Crippen LogP contribution in [0.15, 0.2) is 24.3 Å². The molecule has 5 nitrogen and oxygen atoms in total. The fourth-order valence-corrected chi connectivity index (χ4v) is 3.27. The molecule has 1 unspecified atom stereocenters. The molecule has 0 saturated carbocycles. The number of carbonyl (C=O) groups excluding carboxylic acids is 1. The summed E-state index contributed by atoms with van der Waals surface area (Å²) >= 11 is 0. The normalized spacial score (nSPS) is 21.7. The maximum absolute atomic E-state index is 12.5. The molecule has 2 aliphatic heterocycles. The highest BCUT2D eigenvalue weighted by molar-refractivity contribution is 5.87. The Kier molecular flexibility index (Phi) is 3.82. The molecule has 2 N–H and O–H groups in total. The van der Waals surface area contributed by atoms with Gasteiger partial charge in [0.15, 0.2) is 0 Å². The van der Waals surface area contributed by atoms with Crippen molar-refractivity contribution in [3.05, 3.63) is 29.8 Å². The van der Waals surface area contributed by atoms with Crippen molar-refractivity contribution in [2.24, 2.45) is 5.92 Å². The van der Waals surface area contributed by atoms with Crippen LogP contribution in [0.3, 0.4) is 0 Å². The monoisotopic (exact) mass is 288 g/mol. The number of hydrogen-bond acceptors (Lipinski definition) is 3. The number of piperidine rings is 1. The van der Waals surface area contributed by atoms with Crippen molar-refractivity contribution < 1.29 is 14.7 Å². The number of hydrogen-bond donors (Lipinski definition) is 2. The van der Waals surface area contributed by atoms with Crippen molar-refractivity contribution in [1.82, 2.24) is 4.90 Å². The zero-order chi connectivity index (χ0) is 14.8. The van der Waals surface area contributed by atoms with Gasteiger partial charge in [0.05, 0.1) is 0 Å². The van der Waals surface area contributed by atoms with E-state index >= 15 is 0 Å². The molecule has 2 aliphatic rings. The summed E-state index contributed by atoms with van der Waals surface area (Å²) in [5, 5.41) is 12.1. The lowest BCUT2D eigenvalue weighted by atomic mass is 9.93. The van der Waals surface area contributed by atoms with Gasteiger partial charge in [0.2, 0.25) is 5.91 Å². The number of anilines is 1. The molecule has 1 saturated heterocycles. The van der Waals surface area contributed by atoms with Gasteiger partial charge in [-0.05, 0) is 30.4 Å². The predicted molar refractivity (Wildman–Crippen MR) is 79.1 cm³/mol. The van der Waals surface area contributed by atoms with Crippen molar-refractivity contribution in [2.45, 2.75) is 31.7 Å². The summed E-state index contributed by atoms with van der Waals surface area (Å²) in [6.07, 6.45) is 2.54. The molecule has 1 aromatic rings. The van der Waals surface area contributed by atoms with Crippen molar-refractivity contribution in [3.8, 4) is 0 Å². The molecule has 1 fully saturated rings. The molecule has 1 amide bonds. The topological polar surface area (TPSA) is 69.6 Å². The third kappa shape index (κ3) is 3.01. The summed E-state index contributed by atoms with van der Waals surface area (Å²) in [4.78, 5) is 25.1. The average Bonchev–Trinajstić information content (AvgIpc) is 2.90. The summed E-state index contributed by atoms with van der Waals surface area (Å²) in [7, 11) is 0. The van der Waals surface area contributed by atoms with E-state index in [2.05, 4.69) is 11.4 Å². The Morgan fingerprint density at radius 1 is 1.24 bits per heavy atom. The number of para-hydroxylation sites is 1. The van der Waals surface area contributed by atoms with Gasteiger partial charge in [-0.1, -0.05) is 18.2 Å². The van der Waals surface area contributed by atoms with E-state index in [9.17, 15) is 9.59 Å². The first kappa shape index (κ1) is 13.9. The van der Waals surface area contributed by atoms with E-state index in [0.29, 0.717) is 13.1 Å². The first-order valence-electron chi connectivity index (χ1n) is 7.48. The van der Waals surface area contributed by atoms with Crippen LogP contribution in [0.5, 0.6) is 0 Å². The van der Waals surface area contributed by atoms with Crippen LogP contribution in [0.4, 0.5) is 5.69 Å². The molecule has 1 atom stereocenters. The maximum Gasteiger partial charge on any atom is 0.303 e. The van der Waals surface area contributed by atoms with E-state index in [1.165, 1.54) is 5.56 Å². The Hall–Kier alpha value is -2.04. The van der Waals surface area contributed by atoms with Gasteiger partial charge in [0, 0.05) is 31.6 Å². The largest absolute Gasteiger partial charge is 0.481 e. The highest BCUT2D eigenvalue weighted by atomic mass is 16.4. The van der Waals surface area contributed by atoms with Crippen molar-refractivity contribution in [3.63, 3.8) is 0 Å². The van der Waals surface area contributed by atoms with E-state index in [1.54, 1.807) is 0 Å². The van der Waals surface area contributed by atoms with Gasteiger partial charge in [-0.15, -0.1) is 0 Å². The molecule has 0 radical (unpaired) electrons. The first-order valence-corrected chi connectivity index (χ1v) is 7.48. The summed E-state index contributed by atoms with van der Waals surface area (Å²) in [6, 6.07) is 7.84.